The molecule has 2 nitrogen and oxygen atoms in total. The maximum Gasteiger partial charge on any atom is 0.109 e. The maximum absolute atomic E-state index is 4.02. The Morgan fingerprint density at radius 2 is 2.36 bits per heavy atom. The van der Waals surface area contributed by atoms with Crippen LogP contribution in [0.25, 0.3) is 10.2 Å². The Morgan fingerprint density at radius 3 is 3.18 bits per heavy atom. The Labute approximate surface area is 69.0 Å². The number of hydrogen-bond donors (Lipinski definition) is 0. The lowest BCUT2D eigenvalue weighted by atomic mass is 10.1. The third-order valence-electron chi connectivity index (χ3n) is 1.63. The van der Waals surface area contributed by atoms with Crippen molar-refractivity contribution in [2.24, 2.45) is 0 Å². The molecule has 1 aromatic heterocycles. The fourth-order valence-electron chi connectivity index (χ4n) is 1.06. The third-order valence-corrected chi connectivity index (χ3v) is 2.32. The van der Waals surface area contributed by atoms with Gasteiger partial charge in [0.15, 0.2) is 0 Å². The van der Waals surface area contributed by atoms with E-state index in [4.69, 9.17) is 0 Å². The molecule has 0 unspecified atom stereocenters. The predicted molar refractivity (Wildman–Crippen MR) is 46.5 cm³/mol. The Morgan fingerprint density at radius 1 is 1.45 bits per heavy atom. The molecular formula is C8H7N2S. The van der Waals surface area contributed by atoms with Crippen molar-refractivity contribution in [3.8, 4) is 0 Å². The van der Waals surface area contributed by atoms with E-state index in [1.54, 1.807) is 0 Å². The van der Waals surface area contributed by atoms with E-state index in [0.717, 1.165) is 16.6 Å². The number of fused-ring (bicyclic) bond motifs is 1. The van der Waals surface area contributed by atoms with Gasteiger partial charge in [-0.15, -0.1) is 5.10 Å². The minimum absolute atomic E-state index is 0.781. The largest absolute Gasteiger partial charge is 0.138 e. The highest BCUT2D eigenvalue weighted by Crippen LogP contribution is 2.18. The van der Waals surface area contributed by atoms with Crippen molar-refractivity contribution in [2.75, 3.05) is 0 Å². The minimum atomic E-state index is 0.781. The molecule has 0 aliphatic rings. The summed E-state index contributed by atoms with van der Waals surface area (Å²) in [5, 5.41) is 4.02. The lowest BCUT2D eigenvalue weighted by Crippen LogP contribution is -1.81. The summed E-state index contributed by atoms with van der Waals surface area (Å²) in [4.78, 5) is 0. The van der Waals surface area contributed by atoms with E-state index in [-0.39, 0.29) is 0 Å². The van der Waals surface area contributed by atoms with Crippen molar-refractivity contribution in [1.82, 2.24) is 9.59 Å². The van der Waals surface area contributed by atoms with Crippen LogP contribution in [0.2, 0.25) is 0 Å². The first-order valence-electron chi connectivity index (χ1n) is 3.41. The summed E-state index contributed by atoms with van der Waals surface area (Å²) >= 11 is 1.43. The normalized spacial score (nSPS) is 10.6. The maximum atomic E-state index is 4.02. The van der Waals surface area contributed by atoms with Gasteiger partial charge < -0.3 is 0 Å². The lowest BCUT2D eigenvalue weighted by Gasteiger charge is -1.93. The summed E-state index contributed by atoms with van der Waals surface area (Å²) in [6.07, 6.45) is 0.781. The molecule has 0 fully saturated rings. The Hall–Kier alpha value is -0.960. The van der Waals surface area contributed by atoms with Crippen molar-refractivity contribution in [3.05, 3.63) is 30.7 Å². The summed E-state index contributed by atoms with van der Waals surface area (Å²) in [7, 11) is 0. The summed E-state index contributed by atoms with van der Waals surface area (Å²) in [5.74, 6) is 0. The van der Waals surface area contributed by atoms with E-state index in [1.165, 1.54) is 17.1 Å². The molecule has 0 aliphatic heterocycles. The topological polar surface area (TPSA) is 25.8 Å². The van der Waals surface area contributed by atoms with Crippen LogP contribution in [-0.2, 0) is 6.42 Å². The van der Waals surface area contributed by atoms with Gasteiger partial charge in [0.05, 0.1) is 4.70 Å². The number of rotatable bonds is 1. The van der Waals surface area contributed by atoms with Crippen molar-refractivity contribution >= 4 is 21.7 Å². The SMILES string of the molecule is [CH2]Cc1cccc2snnc12. The minimum Gasteiger partial charge on any atom is -0.138 e. The Kier molecular flexibility index (Phi) is 1.58. The van der Waals surface area contributed by atoms with Crippen LogP contribution in [-0.4, -0.2) is 9.59 Å². The molecule has 0 saturated carbocycles. The molecule has 11 heavy (non-hydrogen) atoms. The van der Waals surface area contributed by atoms with Crippen molar-refractivity contribution in [1.29, 1.82) is 0 Å². The second-order valence-electron chi connectivity index (χ2n) is 2.29. The van der Waals surface area contributed by atoms with Gasteiger partial charge in [-0.05, 0) is 36.5 Å². The van der Waals surface area contributed by atoms with E-state index in [9.17, 15) is 0 Å². The van der Waals surface area contributed by atoms with E-state index < -0.39 is 0 Å². The number of hydrogen-bond acceptors (Lipinski definition) is 3. The zero-order chi connectivity index (χ0) is 7.68. The highest BCUT2D eigenvalue weighted by atomic mass is 32.1. The first-order valence-corrected chi connectivity index (χ1v) is 4.18. The number of benzene rings is 1. The van der Waals surface area contributed by atoms with Crippen LogP contribution in [0.3, 0.4) is 0 Å². The van der Waals surface area contributed by atoms with Crippen molar-refractivity contribution in [2.45, 2.75) is 6.42 Å². The smallest absolute Gasteiger partial charge is 0.109 e. The molecule has 1 aromatic carbocycles. The van der Waals surface area contributed by atoms with Crippen LogP contribution in [0.5, 0.6) is 0 Å². The molecule has 0 atom stereocenters. The molecule has 0 aliphatic carbocycles. The van der Waals surface area contributed by atoms with Gasteiger partial charge in [-0.1, -0.05) is 16.6 Å². The van der Waals surface area contributed by atoms with Crippen LogP contribution in [0.15, 0.2) is 18.2 Å². The molecule has 3 heteroatoms. The molecule has 0 saturated heterocycles. The zero-order valence-corrected chi connectivity index (χ0v) is 6.77. The molecule has 2 rings (SSSR count). The van der Waals surface area contributed by atoms with Gasteiger partial charge in [0, 0.05) is 0 Å². The van der Waals surface area contributed by atoms with Crippen LogP contribution < -0.4 is 0 Å². The van der Waals surface area contributed by atoms with Gasteiger partial charge in [0.2, 0.25) is 0 Å². The van der Waals surface area contributed by atoms with Crippen molar-refractivity contribution < 1.29 is 0 Å². The van der Waals surface area contributed by atoms with Gasteiger partial charge in [-0.25, -0.2) is 0 Å². The Balaban J connectivity index is 2.79. The highest BCUT2D eigenvalue weighted by molar-refractivity contribution is 7.12. The van der Waals surface area contributed by atoms with Gasteiger partial charge >= 0.3 is 0 Å². The van der Waals surface area contributed by atoms with Crippen LogP contribution in [0.1, 0.15) is 5.56 Å². The average molecular weight is 163 g/mol. The molecule has 0 amide bonds. The molecule has 0 spiro atoms. The molecule has 55 valence electrons. The summed E-state index contributed by atoms with van der Waals surface area (Å²) in [6, 6.07) is 6.08. The highest BCUT2D eigenvalue weighted by Gasteiger charge is 2.00. The van der Waals surface area contributed by atoms with Gasteiger partial charge in [0.1, 0.15) is 5.52 Å². The fraction of sp³-hybridized carbons (Fsp3) is 0.125. The summed E-state index contributed by atoms with van der Waals surface area (Å²) in [6.45, 7) is 3.82. The molecule has 0 N–H and O–H groups in total. The van der Waals surface area contributed by atoms with Crippen LogP contribution >= 0.6 is 11.5 Å². The van der Waals surface area contributed by atoms with Crippen LogP contribution in [0, 0.1) is 6.92 Å². The fourth-order valence-corrected chi connectivity index (χ4v) is 1.67. The predicted octanol–water partition coefficient (Wildman–Crippen LogP) is 2.07. The second-order valence-corrected chi connectivity index (χ2v) is 3.07. The third kappa shape index (κ3) is 1.01. The quantitative estimate of drug-likeness (QED) is 0.643. The van der Waals surface area contributed by atoms with E-state index in [2.05, 4.69) is 16.5 Å². The first kappa shape index (κ1) is 6.73. The first-order chi connectivity index (χ1) is 5.42. The zero-order valence-electron chi connectivity index (χ0n) is 5.95. The number of nitrogens with zero attached hydrogens (tertiary/aromatic N) is 2. The van der Waals surface area contributed by atoms with E-state index in [1.807, 2.05) is 18.2 Å². The van der Waals surface area contributed by atoms with Gasteiger partial charge in [-0.2, -0.15) is 0 Å². The Bertz CT molecular complexity index is 367. The standard InChI is InChI=1S/C8H7N2S/c1-2-6-4-3-5-7-8(6)9-10-11-7/h3-5H,1-2H2. The number of aromatic nitrogens is 2. The van der Waals surface area contributed by atoms with E-state index in [0.29, 0.717) is 0 Å². The molecule has 1 radical (unpaired) electrons. The molecule has 0 bridgehead atoms. The van der Waals surface area contributed by atoms with Crippen LogP contribution in [0.4, 0.5) is 0 Å². The van der Waals surface area contributed by atoms with Gasteiger partial charge in [-0.3, -0.25) is 0 Å². The van der Waals surface area contributed by atoms with Crippen molar-refractivity contribution in [3.63, 3.8) is 0 Å². The average Bonchev–Trinajstić information content (AvgIpc) is 2.50. The van der Waals surface area contributed by atoms with E-state index >= 15 is 0 Å². The second kappa shape index (κ2) is 2.58. The van der Waals surface area contributed by atoms with Gasteiger partial charge in [0.25, 0.3) is 0 Å². The molecule has 2 aromatic rings. The lowest BCUT2D eigenvalue weighted by molar-refractivity contribution is 1.17. The molecular weight excluding hydrogens is 156 g/mol. The summed E-state index contributed by atoms with van der Waals surface area (Å²) in [5.41, 5.74) is 2.18. The summed E-state index contributed by atoms with van der Waals surface area (Å²) < 4.78 is 5.02. The molecule has 1 heterocycles. The monoisotopic (exact) mass is 163 g/mol.